The lowest BCUT2D eigenvalue weighted by Crippen LogP contribution is -2.17. The summed E-state index contributed by atoms with van der Waals surface area (Å²) in [7, 11) is 0. The molecule has 0 aliphatic heterocycles. The van der Waals surface area contributed by atoms with E-state index in [1.807, 2.05) is 13.8 Å². The summed E-state index contributed by atoms with van der Waals surface area (Å²) in [4.78, 5) is 22.8. The van der Waals surface area contributed by atoms with Crippen LogP contribution in [0.1, 0.15) is 30.6 Å². The molecule has 0 saturated heterocycles. The summed E-state index contributed by atoms with van der Waals surface area (Å²) in [5, 5.41) is 11.8. The molecule has 0 bridgehead atoms. The van der Waals surface area contributed by atoms with Crippen LogP contribution in [-0.4, -0.2) is 17.0 Å². The monoisotopic (exact) mass is 301 g/mol. The maximum atomic E-state index is 12.0. The van der Waals surface area contributed by atoms with E-state index in [1.54, 1.807) is 0 Å². The summed E-state index contributed by atoms with van der Waals surface area (Å²) in [5.41, 5.74) is 0.255. The van der Waals surface area contributed by atoms with Crippen molar-refractivity contribution in [2.45, 2.75) is 20.3 Å². The quantitative estimate of drug-likeness (QED) is 0.895. The number of nitrogens with one attached hydrogen (secondary N) is 1. The van der Waals surface area contributed by atoms with E-state index >= 15 is 0 Å². The Kier molecular flexibility index (Phi) is 3.49. The van der Waals surface area contributed by atoms with Gasteiger partial charge in [-0.1, -0.05) is 37.0 Å². The fourth-order valence-electron chi connectivity index (χ4n) is 1.94. The van der Waals surface area contributed by atoms with Crippen LogP contribution in [-0.2, 0) is 4.79 Å². The van der Waals surface area contributed by atoms with Gasteiger partial charge in [0, 0.05) is 5.92 Å². The molecule has 2 N–H and O–H groups in total. The number of carboxylic acids is 1. The molecule has 2 rings (SSSR count). The third kappa shape index (κ3) is 2.85. The first-order valence-corrected chi connectivity index (χ1v) is 6.51. The number of amides is 1. The second-order valence-electron chi connectivity index (χ2n) is 5.35. The predicted octanol–water partition coefficient (Wildman–Crippen LogP) is 3.68. The Morgan fingerprint density at radius 3 is 2.16 bits per heavy atom. The highest BCUT2D eigenvalue weighted by molar-refractivity contribution is 6.40. The van der Waals surface area contributed by atoms with Crippen molar-refractivity contribution in [3.05, 3.63) is 27.7 Å². The van der Waals surface area contributed by atoms with E-state index < -0.39 is 5.97 Å². The zero-order chi connectivity index (χ0) is 14.4. The largest absolute Gasteiger partial charge is 0.478 e. The van der Waals surface area contributed by atoms with Crippen molar-refractivity contribution in [1.29, 1.82) is 0 Å². The molecule has 0 radical (unpaired) electrons. The summed E-state index contributed by atoms with van der Waals surface area (Å²) in [6, 6.07) is 2.53. The molecular formula is C13H13Cl2NO3. The molecule has 1 aromatic rings. The summed E-state index contributed by atoms with van der Waals surface area (Å²) >= 11 is 11.9. The highest BCUT2D eigenvalue weighted by atomic mass is 35.5. The number of hydrogen-bond acceptors (Lipinski definition) is 2. The van der Waals surface area contributed by atoms with Gasteiger partial charge in [-0.25, -0.2) is 4.79 Å². The van der Waals surface area contributed by atoms with E-state index in [0.717, 1.165) is 6.42 Å². The van der Waals surface area contributed by atoms with Gasteiger partial charge >= 0.3 is 5.97 Å². The normalized spacial score (nSPS) is 19.9. The third-order valence-corrected chi connectivity index (χ3v) is 3.96. The molecule has 1 unspecified atom stereocenters. The lowest BCUT2D eigenvalue weighted by Gasteiger charge is -2.11. The fourth-order valence-corrected chi connectivity index (χ4v) is 2.52. The Balaban J connectivity index is 2.22. The van der Waals surface area contributed by atoms with E-state index in [9.17, 15) is 9.59 Å². The van der Waals surface area contributed by atoms with Gasteiger partial charge in [0.1, 0.15) is 0 Å². The van der Waals surface area contributed by atoms with Crippen molar-refractivity contribution in [3.63, 3.8) is 0 Å². The first-order valence-electron chi connectivity index (χ1n) is 5.75. The molecule has 1 amide bonds. The van der Waals surface area contributed by atoms with Crippen LogP contribution >= 0.6 is 23.2 Å². The lowest BCUT2D eigenvalue weighted by molar-refractivity contribution is -0.118. The molecule has 1 aliphatic rings. The van der Waals surface area contributed by atoms with E-state index in [0.29, 0.717) is 0 Å². The first-order chi connectivity index (χ1) is 8.72. The Morgan fingerprint density at radius 2 is 1.79 bits per heavy atom. The van der Waals surface area contributed by atoms with E-state index in [1.165, 1.54) is 12.1 Å². The highest BCUT2D eigenvalue weighted by Gasteiger charge is 2.50. The molecular weight excluding hydrogens is 289 g/mol. The van der Waals surface area contributed by atoms with Crippen LogP contribution in [0.25, 0.3) is 0 Å². The molecule has 1 aromatic carbocycles. The van der Waals surface area contributed by atoms with Crippen LogP contribution in [0.4, 0.5) is 5.69 Å². The van der Waals surface area contributed by atoms with Gasteiger partial charge in [-0.05, 0) is 24.0 Å². The molecule has 1 saturated carbocycles. The molecule has 0 aromatic heterocycles. The number of carbonyl (C=O) groups excluding carboxylic acids is 1. The average molecular weight is 302 g/mol. The van der Waals surface area contributed by atoms with Gasteiger partial charge in [0.25, 0.3) is 0 Å². The number of carbonyl (C=O) groups is 2. The van der Waals surface area contributed by atoms with E-state index in [4.69, 9.17) is 28.3 Å². The minimum absolute atomic E-state index is 0.00401. The maximum Gasteiger partial charge on any atom is 0.335 e. The summed E-state index contributed by atoms with van der Waals surface area (Å²) in [6.45, 7) is 4.02. The topological polar surface area (TPSA) is 66.4 Å². The predicted molar refractivity (Wildman–Crippen MR) is 73.9 cm³/mol. The van der Waals surface area contributed by atoms with Gasteiger partial charge < -0.3 is 10.4 Å². The molecule has 102 valence electrons. The summed E-state index contributed by atoms with van der Waals surface area (Å²) in [6.07, 6.45) is 0.821. The number of carboxylic acid groups (broad SMARTS) is 1. The summed E-state index contributed by atoms with van der Waals surface area (Å²) in [5.74, 6) is -1.32. The Bertz CT molecular complexity index is 546. The SMILES string of the molecule is CC1(C)CC1C(=O)Nc1c(Cl)cc(C(=O)O)cc1Cl. The number of hydrogen-bond donors (Lipinski definition) is 2. The standard InChI is InChI=1S/C13H13Cl2NO3/c1-13(2)5-7(13)11(17)16-10-8(14)3-6(12(18)19)4-9(10)15/h3-4,7H,5H2,1-2H3,(H,16,17)(H,18,19). The number of halogens is 2. The van der Waals surface area contributed by atoms with Gasteiger partial charge in [-0.15, -0.1) is 0 Å². The maximum absolute atomic E-state index is 12.0. The van der Waals surface area contributed by atoms with Crippen LogP contribution < -0.4 is 5.32 Å². The van der Waals surface area contributed by atoms with Gasteiger partial charge in [-0.3, -0.25) is 4.79 Å². The number of anilines is 1. The minimum atomic E-state index is -1.12. The molecule has 4 nitrogen and oxygen atoms in total. The van der Waals surface area contributed by atoms with Gasteiger partial charge in [0.15, 0.2) is 0 Å². The van der Waals surface area contributed by atoms with Crippen molar-refractivity contribution in [2.24, 2.45) is 11.3 Å². The van der Waals surface area contributed by atoms with Gasteiger partial charge in [0.2, 0.25) is 5.91 Å². The van der Waals surface area contributed by atoms with Crippen LogP contribution in [0.3, 0.4) is 0 Å². The molecule has 1 fully saturated rings. The van der Waals surface area contributed by atoms with Crippen molar-refractivity contribution >= 4 is 40.8 Å². The molecule has 0 spiro atoms. The van der Waals surface area contributed by atoms with Crippen molar-refractivity contribution in [1.82, 2.24) is 0 Å². The average Bonchev–Trinajstić information content (AvgIpc) is 2.92. The summed E-state index contributed by atoms with van der Waals surface area (Å²) < 4.78 is 0. The lowest BCUT2D eigenvalue weighted by atomic mass is 10.1. The Labute approximate surface area is 120 Å². The van der Waals surface area contributed by atoms with Crippen molar-refractivity contribution < 1.29 is 14.7 Å². The number of aromatic carboxylic acids is 1. The van der Waals surface area contributed by atoms with Crippen LogP contribution in [0.5, 0.6) is 0 Å². The molecule has 6 heteroatoms. The minimum Gasteiger partial charge on any atom is -0.478 e. The number of rotatable bonds is 3. The van der Waals surface area contributed by atoms with Crippen molar-refractivity contribution in [2.75, 3.05) is 5.32 Å². The zero-order valence-electron chi connectivity index (χ0n) is 10.5. The smallest absolute Gasteiger partial charge is 0.335 e. The van der Waals surface area contributed by atoms with E-state index in [-0.39, 0.29) is 38.5 Å². The third-order valence-electron chi connectivity index (χ3n) is 3.37. The zero-order valence-corrected chi connectivity index (χ0v) is 12.0. The van der Waals surface area contributed by atoms with Crippen LogP contribution in [0.2, 0.25) is 10.0 Å². The molecule has 19 heavy (non-hydrogen) atoms. The first kappa shape index (κ1) is 14.2. The van der Waals surface area contributed by atoms with Crippen molar-refractivity contribution in [3.8, 4) is 0 Å². The highest BCUT2D eigenvalue weighted by Crippen LogP contribution is 2.52. The number of benzene rings is 1. The molecule has 1 aliphatic carbocycles. The second kappa shape index (κ2) is 4.69. The molecule has 0 heterocycles. The molecule has 1 atom stereocenters. The van der Waals surface area contributed by atoms with Gasteiger partial charge in [0.05, 0.1) is 21.3 Å². The second-order valence-corrected chi connectivity index (χ2v) is 6.17. The van der Waals surface area contributed by atoms with E-state index in [2.05, 4.69) is 5.32 Å². The van der Waals surface area contributed by atoms with Crippen LogP contribution in [0, 0.1) is 11.3 Å². The van der Waals surface area contributed by atoms with Crippen LogP contribution in [0.15, 0.2) is 12.1 Å². The Morgan fingerprint density at radius 1 is 1.32 bits per heavy atom. The van der Waals surface area contributed by atoms with Gasteiger partial charge in [-0.2, -0.15) is 0 Å². The fraction of sp³-hybridized carbons (Fsp3) is 0.385. The Hall–Kier alpha value is -1.26.